The second-order valence-electron chi connectivity index (χ2n) is 6.75. The molecular weight excluding hydrogens is 372 g/mol. The van der Waals surface area contributed by atoms with E-state index < -0.39 is 17.5 Å². The molecule has 2 aromatic rings. The minimum Gasteiger partial charge on any atom is -0.366 e. The number of primary amides is 1. The van der Waals surface area contributed by atoms with Gasteiger partial charge in [0.15, 0.2) is 11.6 Å². The van der Waals surface area contributed by atoms with E-state index in [2.05, 4.69) is 15.9 Å². The molecule has 2 N–H and O–H groups in total. The molecule has 144 valence electrons. The maximum Gasteiger partial charge on any atom is 0.249 e. The van der Waals surface area contributed by atoms with Crippen LogP contribution in [0.5, 0.6) is 0 Å². The van der Waals surface area contributed by atoms with Crippen LogP contribution in [0, 0.1) is 11.6 Å². The Kier molecular flexibility index (Phi) is 6.42. The second-order valence-corrected chi connectivity index (χ2v) is 7.19. The third-order valence-corrected chi connectivity index (χ3v) is 5.13. The molecular formula is C20H22ClF2N3O. The van der Waals surface area contributed by atoms with E-state index in [9.17, 15) is 13.6 Å². The summed E-state index contributed by atoms with van der Waals surface area (Å²) in [5.41, 5.74) is 6.57. The monoisotopic (exact) mass is 393 g/mol. The minimum absolute atomic E-state index is 0.0495. The van der Waals surface area contributed by atoms with Gasteiger partial charge in [0.05, 0.1) is 0 Å². The molecule has 27 heavy (non-hydrogen) atoms. The SMILES string of the molecule is NC(=O)c1ccc(F)c(F)c1CCN1CCN(Cc2cccc(Cl)c2)CC1. The summed E-state index contributed by atoms with van der Waals surface area (Å²) in [4.78, 5) is 16.0. The van der Waals surface area contributed by atoms with Crippen molar-refractivity contribution in [2.45, 2.75) is 13.0 Å². The van der Waals surface area contributed by atoms with E-state index in [1.807, 2.05) is 18.2 Å². The van der Waals surface area contributed by atoms with E-state index in [0.717, 1.165) is 43.8 Å². The quantitative estimate of drug-likeness (QED) is 0.820. The summed E-state index contributed by atoms with van der Waals surface area (Å²) in [5.74, 6) is -2.68. The van der Waals surface area contributed by atoms with Crippen LogP contribution in [0.4, 0.5) is 8.78 Å². The fourth-order valence-electron chi connectivity index (χ4n) is 3.40. The van der Waals surface area contributed by atoms with Crippen LogP contribution < -0.4 is 5.73 Å². The van der Waals surface area contributed by atoms with Gasteiger partial charge in [-0.15, -0.1) is 0 Å². The van der Waals surface area contributed by atoms with E-state index in [4.69, 9.17) is 17.3 Å². The predicted molar refractivity (Wildman–Crippen MR) is 102 cm³/mol. The number of hydrogen-bond donors (Lipinski definition) is 1. The van der Waals surface area contributed by atoms with Gasteiger partial charge < -0.3 is 10.6 Å². The number of piperazine rings is 1. The summed E-state index contributed by atoms with van der Waals surface area (Å²) in [6.07, 6.45) is 0.246. The molecule has 0 spiro atoms. The lowest BCUT2D eigenvalue weighted by atomic mass is 10.0. The number of nitrogens with two attached hydrogens (primary N) is 1. The fourth-order valence-corrected chi connectivity index (χ4v) is 3.62. The van der Waals surface area contributed by atoms with Gasteiger partial charge in [-0.25, -0.2) is 8.78 Å². The first-order valence-corrected chi connectivity index (χ1v) is 9.27. The third kappa shape index (κ3) is 5.03. The van der Waals surface area contributed by atoms with Crippen molar-refractivity contribution in [3.63, 3.8) is 0 Å². The number of halogens is 3. The first-order chi connectivity index (χ1) is 12.9. The maximum absolute atomic E-state index is 14.1. The molecule has 0 saturated carbocycles. The Bertz CT molecular complexity index is 823. The molecule has 0 aromatic heterocycles. The second kappa shape index (κ2) is 8.78. The molecule has 4 nitrogen and oxygen atoms in total. The molecule has 7 heteroatoms. The molecule has 0 atom stereocenters. The van der Waals surface area contributed by atoms with Crippen LogP contribution in [0.3, 0.4) is 0 Å². The maximum atomic E-state index is 14.1. The van der Waals surface area contributed by atoms with Gasteiger partial charge >= 0.3 is 0 Å². The average molecular weight is 394 g/mol. The molecule has 1 aliphatic heterocycles. The summed E-state index contributed by atoms with van der Waals surface area (Å²) < 4.78 is 27.6. The molecule has 1 saturated heterocycles. The molecule has 3 rings (SSSR count). The third-order valence-electron chi connectivity index (χ3n) is 4.90. The smallest absolute Gasteiger partial charge is 0.249 e. The van der Waals surface area contributed by atoms with Crippen molar-refractivity contribution >= 4 is 17.5 Å². The Morgan fingerprint density at radius 3 is 2.44 bits per heavy atom. The minimum atomic E-state index is -0.981. The number of hydrogen-bond acceptors (Lipinski definition) is 3. The van der Waals surface area contributed by atoms with Crippen LogP contribution in [0.2, 0.25) is 5.02 Å². The highest BCUT2D eigenvalue weighted by molar-refractivity contribution is 6.30. The summed E-state index contributed by atoms with van der Waals surface area (Å²) in [5, 5.41) is 0.730. The Morgan fingerprint density at radius 2 is 1.78 bits per heavy atom. The first kappa shape index (κ1) is 19.7. The van der Waals surface area contributed by atoms with Crippen LogP contribution in [0.1, 0.15) is 21.5 Å². The van der Waals surface area contributed by atoms with Gasteiger partial charge in [0.2, 0.25) is 5.91 Å². The molecule has 1 amide bonds. The Morgan fingerprint density at radius 1 is 1.07 bits per heavy atom. The Balaban J connectivity index is 1.54. The molecule has 0 aliphatic carbocycles. The van der Waals surface area contributed by atoms with Crippen molar-refractivity contribution in [3.8, 4) is 0 Å². The van der Waals surface area contributed by atoms with E-state index in [0.29, 0.717) is 6.54 Å². The van der Waals surface area contributed by atoms with Gasteiger partial charge in [0.25, 0.3) is 0 Å². The fraction of sp³-hybridized carbons (Fsp3) is 0.350. The van der Waals surface area contributed by atoms with Gasteiger partial charge in [-0.05, 0) is 36.2 Å². The lowest BCUT2D eigenvalue weighted by Gasteiger charge is -2.34. The van der Waals surface area contributed by atoms with Gasteiger partial charge in [-0.2, -0.15) is 0 Å². The van der Waals surface area contributed by atoms with Gasteiger partial charge in [0.1, 0.15) is 0 Å². The number of nitrogens with zero attached hydrogens (tertiary/aromatic N) is 2. The highest BCUT2D eigenvalue weighted by Gasteiger charge is 2.20. The normalized spacial score (nSPS) is 15.8. The zero-order valence-corrected chi connectivity index (χ0v) is 15.7. The van der Waals surface area contributed by atoms with Crippen molar-refractivity contribution < 1.29 is 13.6 Å². The molecule has 0 radical (unpaired) electrons. The first-order valence-electron chi connectivity index (χ1n) is 8.90. The van der Waals surface area contributed by atoms with Crippen LogP contribution >= 0.6 is 11.6 Å². The topological polar surface area (TPSA) is 49.6 Å². The zero-order valence-electron chi connectivity index (χ0n) is 14.9. The van der Waals surface area contributed by atoms with E-state index in [1.54, 1.807) is 0 Å². The van der Waals surface area contributed by atoms with E-state index in [1.165, 1.54) is 11.6 Å². The summed E-state index contributed by atoms with van der Waals surface area (Å²) in [7, 11) is 0. The van der Waals surface area contributed by atoms with Crippen molar-refractivity contribution in [1.82, 2.24) is 9.80 Å². The van der Waals surface area contributed by atoms with Crippen LogP contribution in [0.25, 0.3) is 0 Å². The number of benzene rings is 2. The van der Waals surface area contributed by atoms with Crippen LogP contribution in [0.15, 0.2) is 36.4 Å². The summed E-state index contributed by atoms with van der Waals surface area (Å²) >= 11 is 6.03. The number of rotatable bonds is 6. The number of amides is 1. The lowest BCUT2D eigenvalue weighted by Crippen LogP contribution is -2.46. The standard InChI is InChI=1S/C20H22ClF2N3O/c21-15-3-1-2-14(12-15)13-26-10-8-25(9-11-26)7-6-16-17(20(24)27)4-5-18(22)19(16)23/h1-5,12H,6-11,13H2,(H2,24,27). The lowest BCUT2D eigenvalue weighted by molar-refractivity contribution is 0.0997. The Labute approximate surface area is 162 Å². The van der Waals surface area contributed by atoms with E-state index >= 15 is 0 Å². The molecule has 1 heterocycles. The largest absolute Gasteiger partial charge is 0.366 e. The molecule has 0 unspecified atom stereocenters. The molecule has 2 aromatic carbocycles. The van der Waals surface area contributed by atoms with Gasteiger partial charge in [-0.3, -0.25) is 9.69 Å². The number of carbonyl (C=O) groups excluding carboxylic acids is 1. The molecule has 0 bridgehead atoms. The van der Waals surface area contributed by atoms with Crippen molar-refractivity contribution in [1.29, 1.82) is 0 Å². The number of carbonyl (C=O) groups is 1. The van der Waals surface area contributed by atoms with Crippen molar-refractivity contribution in [2.75, 3.05) is 32.7 Å². The highest BCUT2D eigenvalue weighted by atomic mass is 35.5. The predicted octanol–water partition coefficient (Wildman–Crippen LogP) is 3.08. The molecule has 1 aliphatic rings. The van der Waals surface area contributed by atoms with E-state index in [-0.39, 0.29) is 17.5 Å². The Hall–Kier alpha value is -2.02. The van der Waals surface area contributed by atoms with Gasteiger partial charge in [-0.1, -0.05) is 23.7 Å². The van der Waals surface area contributed by atoms with Crippen molar-refractivity contribution in [2.24, 2.45) is 5.73 Å². The zero-order chi connectivity index (χ0) is 19.4. The van der Waals surface area contributed by atoms with Gasteiger partial charge in [0, 0.05) is 55.4 Å². The van der Waals surface area contributed by atoms with Crippen molar-refractivity contribution in [3.05, 3.63) is 69.7 Å². The molecule has 1 fully saturated rings. The van der Waals surface area contributed by atoms with Crippen LogP contribution in [-0.4, -0.2) is 48.4 Å². The average Bonchev–Trinajstić information content (AvgIpc) is 2.64. The summed E-state index contributed by atoms with van der Waals surface area (Å²) in [6.45, 7) is 4.78. The highest BCUT2D eigenvalue weighted by Crippen LogP contribution is 2.19. The summed E-state index contributed by atoms with van der Waals surface area (Å²) in [6, 6.07) is 10.0. The van der Waals surface area contributed by atoms with Crippen LogP contribution in [-0.2, 0) is 13.0 Å².